The third-order valence-electron chi connectivity index (χ3n) is 3.63. The number of hydrogen-bond acceptors (Lipinski definition) is 2. The smallest absolute Gasteiger partial charge is 0.194 e. The van der Waals surface area contributed by atoms with Crippen LogP contribution >= 0.6 is 0 Å². The molecule has 0 spiro atoms. The quantitative estimate of drug-likeness (QED) is 0.741. The molecule has 0 atom stereocenters. The lowest BCUT2D eigenvalue weighted by atomic mass is 10.0. The van der Waals surface area contributed by atoms with Crippen LogP contribution in [-0.4, -0.2) is 11.1 Å². The van der Waals surface area contributed by atoms with E-state index in [4.69, 9.17) is 0 Å². The highest BCUT2D eigenvalue weighted by Crippen LogP contribution is 2.18. The van der Waals surface area contributed by atoms with Crippen molar-refractivity contribution in [1.82, 2.24) is 9.88 Å². The molecule has 0 bridgehead atoms. The number of nitrogens with one attached hydrogen (secondary N) is 1. The van der Waals surface area contributed by atoms with E-state index in [-0.39, 0.29) is 5.43 Å². The summed E-state index contributed by atoms with van der Waals surface area (Å²) < 4.78 is 2.17. The second kappa shape index (κ2) is 3.70. The Morgan fingerprint density at radius 2 is 2.18 bits per heavy atom. The van der Waals surface area contributed by atoms with Gasteiger partial charge in [-0.1, -0.05) is 11.6 Å². The third-order valence-corrected chi connectivity index (χ3v) is 3.63. The minimum atomic E-state index is 0.198. The van der Waals surface area contributed by atoms with Gasteiger partial charge in [0.05, 0.1) is 5.52 Å². The zero-order valence-electron chi connectivity index (χ0n) is 10.2. The molecule has 0 saturated heterocycles. The molecular formula is C14H16N2O. The van der Waals surface area contributed by atoms with Crippen molar-refractivity contribution in [2.45, 2.75) is 19.9 Å². The van der Waals surface area contributed by atoms with Crippen LogP contribution in [0.15, 0.2) is 23.0 Å². The Balaban J connectivity index is 2.47. The molecule has 0 aliphatic carbocycles. The number of benzene rings is 1. The van der Waals surface area contributed by atoms with Gasteiger partial charge < -0.3 is 9.88 Å². The van der Waals surface area contributed by atoms with Gasteiger partial charge in [0, 0.05) is 43.2 Å². The van der Waals surface area contributed by atoms with Crippen molar-refractivity contribution in [1.29, 1.82) is 0 Å². The summed E-state index contributed by atoms with van der Waals surface area (Å²) in [6.07, 6.45) is 0.935. The van der Waals surface area contributed by atoms with E-state index in [0.29, 0.717) is 6.54 Å². The molecule has 1 N–H and O–H groups in total. The maximum Gasteiger partial charge on any atom is 0.194 e. The lowest BCUT2D eigenvalue weighted by Gasteiger charge is -2.21. The Hall–Kier alpha value is -1.61. The summed E-state index contributed by atoms with van der Waals surface area (Å²) in [6.45, 7) is 3.68. The lowest BCUT2D eigenvalue weighted by Crippen LogP contribution is -2.32. The number of aromatic nitrogens is 1. The maximum absolute atomic E-state index is 12.4. The molecule has 17 heavy (non-hydrogen) atoms. The molecule has 1 aliphatic heterocycles. The van der Waals surface area contributed by atoms with Crippen molar-refractivity contribution in [2.75, 3.05) is 6.54 Å². The van der Waals surface area contributed by atoms with Gasteiger partial charge in [-0.05, 0) is 19.1 Å². The Morgan fingerprint density at radius 1 is 1.35 bits per heavy atom. The van der Waals surface area contributed by atoms with Gasteiger partial charge >= 0.3 is 0 Å². The van der Waals surface area contributed by atoms with Crippen LogP contribution in [0.25, 0.3) is 10.9 Å². The van der Waals surface area contributed by atoms with E-state index < -0.39 is 0 Å². The molecule has 1 aliphatic rings. The highest BCUT2D eigenvalue weighted by Gasteiger charge is 2.17. The zero-order chi connectivity index (χ0) is 12.0. The van der Waals surface area contributed by atoms with Gasteiger partial charge in [-0.25, -0.2) is 0 Å². The summed E-state index contributed by atoms with van der Waals surface area (Å²) >= 11 is 0. The number of pyridine rings is 1. The molecule has 88 valence electrons. The Kier molecular flexibility index (Phi) is 2.30. The lowest BCUT2D eigenvalue weighted by molar-refractivity contribution is 0.607. The molecule has 3 heteroatoms. The van der Waals surface area contributed by atoms with E-state index in [0.717, 1.165) is 35.0 Å². The van der Waals surface area contributed by atoms with Crippen LogP contribution in [0.3, 0.4) is 0 Å². The van der Waals surface area contributed by atoms with E-state index in [1.807, 2.05) is 19.1 Å². The average molecular weight is 228 g/mol. The van der Waals surface area contributed by atoms with E-state index in [9.17, 15) is 4.79 Å². The third kappa shape index (κ3) is 1.50. The van der Waals surface area contributed by atoms with E-state index in [1.165, 1.54) is 5.69 Å². The summed E-state index contributed by atoms with van der Waals surface area (Å²) in [5.41, 5.74) is 4.51. The minimum absolute atomic E-state index is 0.198. The highest BCUT2D eigenvalue weighted by atomic mass is 16.1. The molecule has 0 saturated carbocycles. The Bertz CT molecular complexity index is 655. The first-order chi connectivity index (χ1) is 8.18. The molecule has 0 amide bonds. The topological polar surface area (TPSA) is 34.0 Å². The first kappa shape index (κ1) is 10.5. The zero-order valence-corrected chi connectivity index (χ0v) is 10.2. The van der Waals surface area contributed by atoms with Crippen LogP contribution in [0, 0.1) is 6.92 Å². The number of fused-ring (bicyclic) bond motifs is 2. The van der Waals surface area contributed by atoms with Crippen LogP contribution in [0.5, 0.6) is 0 Å². The van der Waals surface area contributed by atoms with Crippen molar-refractivity contribution in [3.63, 3.8) is 0 Å². The predicted octanol–water partition coefficient (Wildman–Crippen LogP) is 1.49. The molecule has 3 rings (SSSR count). The molecule has 0 fully saturated rings. The van der Waals surface area contributed by atoms with Gasteiger partial charge in [0.15, 0.2) is 5.43 Å². The van der Waals surface area contributed by atoms with Crippen molar-refractivity contribution >= 4 is 10.9 Å². The van der Waals surface area contributed by atoms with Crippen molar-refractivity contribution in [3.05, 3.63) is 45.2 Å². The van der Waals surface area contributed by atoms with Gasteiger partial charge in [-0.3, -0.25) is 4.79 Å². The molecule has 0 radical (unpaired) electrons. The summed E-state index contributed by atoms with van der Waals surface area (Å²) in [7, 11) is 2.06. The van der Waals surface area contributed by atoms with Gasteiger partial charge in [0.2, 0.25) is 0 Å². The van der Waals surface area contributed by atoms with Crippen LogP contribution in [-0.2, 0) is 20.0 Å². The molecule has 0 unspecified atom stereocenters. The number of aryl methyl sites for hydroxylation is 2. The second-order valence-corrected chi connectivity index (χ2v) is 4.76. The summed E-state index contributed by atoms with van der Waals surface area (Å²) in [5.74, 6) is 0. The van der Waals surface area contributed by atoms with Gasteiger partial charge in [-0.2, -0.15) is 0 Å². The second-order valence-electron chi connectivity index (χ2n) is 4.76. The standard InChI is InChI=1S/C14H16N2O/c1-9-3-4-12-10(7-9)14(17)11-8-15-6-5-13(11)16(12)2/h3-4,7,15H,5-6,8H2,1-2H3. The molecule has 1 aromatic heterocycles. The Morgan fingerprint density at radius 3 is 3.00 bits per heavy atom. The van der Waals surface area contributed by atoms with Crippen LogP contribution in [0.2, 0.25) is 0 Å². The largest absolute Gasteiger partial charge is 0.347 e. The van der Waals surface area contributed by atoms with E-state index >= 15 is 0 Å². The summed E-state index contributed by atoms with van der Waals surface area (Å²) in [4.78, 5) is 12.4. The molecule has 1 aromatic carbocycles. The minimum Gasteiger partial charge on any atom is -0.347 e. The van der Waals surface area contributed by atoms with Gasteiger partial charge in [0.25, 0.3) is 0 Å². The van der Waals surface area contributed by atoms with Crippen molar-refractivity contribution in [2.24, 2.45) is 7.05 Å². The van der Waals surface area contributed by atoms with E-state index in [2.05, 4.69) is 23.0 Å². The molecule has 2 heterocycles. The normalized spacial score (nSPS) is 14.9. The first-order valence-electron chi connectivity index (χ1n) is 6.00. The fourth-order valence-corrected chi connectivity index (χ4v) is 2.69. The van der Waals surface area contributed by atoms with Crippen molar-refractivity contribution in [3.8, 4) is 0 Å². The predicted molar refractivity (Wildman–Crippen MR) is 69.3 cm³/mol. The number of rotatable bonds is 0. The number of nitrogens with zero attached hydrogens (tertiary/aromatic N) is 1. The molecule has 3 nitrogen and oxygen atoms in total. The Labute approximate surface area is 100 Å². The molecule has 2 aromatic rings. The fraction of sp³-hybridized carbons (Fsp3) is 0.357. The first-order valence-corrected chi connectivity index (χ1v) is 6.00. The van der Waals surface area contributed by atoms with Crippen LogP contribution < -0.4 is 10.7 Å². The average Bonchev–Trinajstić information content (AvgIpc) is 2.36. The van der Waals surface area contributed by atoms with Gasteiger partial charge in [-0.15, -0.1) is 0 Å². The SMILES string of the molecule is Cc1ccc2c(c1)c(=O)c1c(n2C)CCNC1. The van der Waals surface area contributed by atoms with Crippen LogP contribution in [0.4, 0.5) is 0 Å². The summed E-state index contributed by atoms with van der Waals surface area (Å²) in [5, 5.41) is 4.12. The monoisotopic (exact) mass is 228 g/mol. The van der Waals surface area contributed by atoms with Crippen molar-refractivity contribution < 1.29 is 0 Å². The molecular weight excluding hydrogens is 212 g/mol. The summed E-state index contributed by atoms with van der Waals surface area (Å²) in [6, 6.07) is 6.11. The van der Waals surface area contributed by atoms with E-state index in [1.54, 1.807) is 0 Å². The van der Waals surface area contributed by atoms with Crippen LogP contribution in [0.1, 0.15) is 16.8 Å². The number of hydrogen-bond donors (Lipinski definition) is 1. The maximum atomic E-state index is 12.4. The fourth-order valence-electron chi connectivity index (χ4n) is 2.69. The van der Waals surface area contributed by atoms with Gasteiger partial charge in [0.1, 0.15) is 0 Å². The highest BCUT2D eigenvalue weighted by molar-refractivity contribution is 5.81.